The number of oxazole rings is 1. The molecule has 0 atom stereocenters. The molecule has 3 aromatic carbocycles. The average Bonchev–Trinajstić information content (AvgIpc) is 3.30. The minimum atomic E-state index is -0.449. The van der Waals surface area contributed by atoms with Gasteiger partial charge >= 0.3 is 11.8 Å². The molecule has 1 amide bonds. The summed E-state index contributed by atoms with van der Waals surface area (Å²) in [5, 5.41) is 6.63. The van der Waals surface area contributed by atoms with Crippen molar-refractivity contribution in [2.45, 2.75) is 77.1 Å². The number of aryl methyl sites for hydroxylation is 1. The van der Waals surface area contributed by atoms with Crippen molar-refractivity contribution in [2.75, 3.05) is 5.32 Å². The highest BCUT2D eigenvalue weighted by molar-refractivity contribution is 5.92. The van der Waals surface area contributed by atoms with Gasteiger partial charge in [0.05, 0.1) is 11.2 Å². The fourth-order valence-electron chi connectivity index (χ4n) is 5.65. The predicted octanol–water partition coefficient (Wildman–Crippen LogP) is 7.43. The van der Waals surface area contributed by atoms with E-state index in [0.29, 0.717) is 41.4 Å². The van der Waals surface area contributed by atoms with Gasteiger partial charge in [0.15, 0.2) is 5.58 Å². The summed E-state index contributed by atoms with van der Waals surface area (Å²) in [5.41, 5.74) is 5.11. The summed E-state index contributed by atoms with van der Waals surface area (Å²) in [6, 6.07) is 21.2. The van der Waals surface area contributed by atoms with Crippen molar-refractivity contribution in [3.05, 3.63) is 94.5 Å². The number of allylic oxidation sites excluding steroid dienone is 1. The van der Waals surface area contributed by atoms with Crippen molar-refractivity contribution < 1.29 is 18.7 Å². The van der Waals surface area contributed by atoms with Gasteiger partial charge in [0.1, 0.15) is 12.4 Å². The Morgan fingerprint density at radius 2 is 1.74 bits per heavy atom. The standard InChI is InChI=1S/C35H39N3O5/c1-35(2,3)37-27-14-16-28(17-15-27)42-33(40)36-30-18-12-24(21-29(30)26-10-5-4-6-11-26)9-7-8-20-38-31-19-13-25(23-39)22-32(31)43-34(38)41/h4-7,9-13,18-19,21-23,27-28,37H,8,14-17,20H2,1-3H3,(H,36,40). The van der Waals surface area contributed by atoms with Crippen molar-refractivity contribution in [1.29, 1.82) is 0 Å². The van der Waals surface area contributed by atoms with Crippen LogP contribution in [0.15, 0.2) is 82.0 Å². The topological polar surface area (TPSA) is 103 Å². The molecule has 0 bridgehead atoms. The van der Waals surface area contributed by atoms with E-state index in [0.717, 1.165) is 48.7 Å². The number of aldehydes is 1. The number of ether oxygens (including phenoxy) is 1. The lowest BCUT2D eigenvalue weighted by Crippen LogP contribution is -2.46. The third-order valence-electron chi connectivity index (χ3n) is 7.61. The van der Waals surface area contributed by atoms with Gasteiger partial charge in [0.2, 0.25) is 0 Å². The molecule has 8 heteroatoms. The Kier molecular flexibility index (Phi) is 9.26. The Hall–Kier alpha value is -4.43. The van der Waals surface area contributed by atoms with Crippen LogP contribution in [0.2, 0.25) is 0 Å². The van der Waals surface area contributed by atoms with Crippen LogP contribution in [0.25, 0.3) is 28.3 Å². The molecule has 0 unspecified atom stereocenters. The molecular formula is C35H39N3O5. The van der Waals surface area contributed by atoms with Gasteiger partial charge in [-0.05, 0) is 94.3 Å². The zero-order valence-electron chi connectivity index (χ0n) is 25.0. The van der Waals surface area contributed by atoms with Crippen LogP contribution < -0.4 is 16.4 Å². The van der Waals surface area contributed by atoms with Gasteiger partial charge in [0.25, 0.3) is 0 Å². The van der Waals surface area contributed by atoms with E-state index in [1.165, 1.54) is 0 Å². The average molecular weight is 582 g/mol. The molecule has 2 N–H and O–H groups in total. The first-order chi connectivity index (χ1) is 20.7. The molecule has 43 heavy (non-hydrogen) atoms. The molecule has 8 nitrogen and oxygen atoms in total. The second-order valence-electron chi connectivity index (χ2n) is 12.1. The lowest BCUT2D eigenvalue weighted by Gasteiger charge is -2.34. The van der Waals surface area contributed by atoms with Crippen molar-refractivity contribution in [3.63, 3.8) is 0 Å². The highest BCUT2D eigenvalue weighted by Crippen LogP contribution is 2.31. The Morgan fingerprint density at radius 3 is 2.47 bits per heavy atom. The normalized spacial score (nSPS) is 17.3. The zero-order chi connectivity index (χ0) is 30.4. The molecule has 224 valence electrons. The first kappa shape index (κ1) is 30.0. The van der Waals surface area contributed by atoms with Crippen LogP contribution in [0, 0.1) is 0 Å². The van der Waals surface area contributed by atoms with Gasteiger partial charge in [-0.25, -0.2) is 9.59 Å². The van der Waals surface area contributed by atoms with E-state index < -0.39 is 11.8 Å². The fraction of sp³-hybridized carbons (Fsp3) is 0.343. The number of aromatic nitrogens is 1. The van der Waals surface area contributed by atoms with Crippen molar-refractivity contribution in [3.8, 4) is 11.1 Å². The van der Waals surface area contributed by atoms with Gasteiger partial charge in [-0.1, -0.05) is 48.6 Å². The van der Waals surface area contributed by atoms with Crippen LogP contribution in [0.4, 0.5) is 10.5 Å². The number of fused-ring (bicyclic) bond motifs is 1. The number of carbonyl (C=O) groups excluding carboxylic acids is 2. The fourth-order valence-corrected chi connectivity index (χ4v) is 5.65. The number of hydrogen-bond donors (Lipinski definition) is 2. The van der Waals surface area contributed by atoms with E-state index >= 15 is 0 Å². The predicted molar refractivity (Wildman–Crippen MR) is 170 cm³/mol. The highest BCUT2D eigenvalue weighted by Gasteiger charge is 2.26. The van der Waals surface area contributed by atoms with Gasteiger partial charge < -0.3 is 14.5 Å². The monoisotopic (exact) mass is 581 g/mol. The largest absolute Gasteiger partial charge is 0.446 e. The van der Waals surface area contributed by atoms with Crippen LogP contribution in [0.5, 0.6) is 0 Å². The van der Waals surface area contributed by atoms with E-state index in [-0.39, 0.29) is 11.6 Å². The van der Waals surface area contributed by atoms with Gasteiger partial charge in [-0.15, -0.1) is 0 Å². The third kappa shape index (κ3) is 7.90. The summed E-state index contributed by atoms with van der Waals surface area (Å²) in [5.74, 6) is -0.449. The number of anilines is 1. The van der Waals surface area contributed by atoms with Gasteiger partial charge in [-0.3, -0.25) is 14.7 Å². The maximum atomic E-state index is 12.9. The molecule has 0 saturated heterocycles. The lowest BCUT2D eigenvalue weighted by molar-refractivity contribution is 0.0762. The van der Waals surface area contributed by atoms with E-state index in [4.69, 9.17) is 9.15 Å². The molecule has 5 rings (SSSR count). The van der Waals surface area contributed by atoms with Crippen molar-refractivity contribution >= 4 is 35.2 Å². The Balaban J connectivity index is 1.24. The summed E-state index contributed by atoms with van der Waals surface area (Å²) in [6.07, 6.45) is 8.45. The summed E-state index contributed by atoms with van der Waals surface area (Å²) in [6.45, 7) is 6.96. The Bertz CT molecular complexity index is 1650. The quantitative estimate of drug-likeness (QED) is 0.199. The number of amides is 1. The maximum Gasteiger partial charge on any atom is 0.419 e. The van der Waals surface area contributed by atoms with E-state index in [2.05, 4.69) is 31.4 Å². The minimum absolute atomic E-state index is 0.0717. The Labute approximate surface area is 251 Å². The molecule has 4 aromatic rings. The minimum Gasteiger partial charge on any atom is -0.446 e. The van der Waals surface area contributed by atoms with Crippen molar-refractivity contribution in [2.24, 2.45) is 0 Å². The zero-order valence-corrected chi connectivity index (χ0v) is 25.0. The number of rotatable bonds is 9. The summed E-state index contributed by atoms with van der Waals surface area (Å²) in [7, 11) is 0. The van der Waals surface area contributed by atoms with Gasteiger partial charge in [-0.2, -0.15) is 0 Å². The maximum absolute atomic E-state index is 12.9. The molecule has 1 aliphatic carbocycles. The first-order valence-electron chi connectivity index (χ1n) is 14.9. The molecule has 1 heterocycles. The molecule has 0 radical (unpaired) electrons. The second-order valence-corrected chi connectivity index (χ2v) is 12.1. The third-order valence-corrected chi connectivity index (χ3v) is 7.61. The number of carbonyl (C=O) groups is 2. The molecule has 0 aliphatic heterocycles. The molecular weight excluding hydrogens is 542 g/mol. The molecule has 1 aromatic heterocycles. The Morgan fingerprint density at radius 1 is 1.00 bits per heavy atom. The first-order valence-corrected chi connectivity index (χ1v) is 14.9. The summed E-state index contributed by atoms with van der Waals surface area (Å²) in [4.78, 5) is 36.3. The van der Waals surface area contributed by atoms with Crippen LogP contribution >= 0.6 is 0 Å². The second kappa shape index (κ2) is 13.3. The van der Waals surface area contributed by atoms with E-state index in [1.807, 2.05) is 60.7 Å². The number of nitrogens with one attached hydrogen (secondary N) is 2. The number of hydrogen-bond acceptors (Lipinski definition) is 6. The smallest absolute Gasteiger partial charge is 0.419 e. The SMILES string of the molecule is CC(C)(C)NC1CCC(OC(=O)Nc2ccc(C=CCCn3c(=O)oc4cc(C=O)ccc43)cc2-c2ccccc2)CC1. The number of nitrogens with zero attached hydrogens (tertiary/aromatic N) is 1. The van der Waals surface area contributed by atoms with E-state index in [9.17, 15) is 14.4 Å². The number of benzene rings is 3. The molecule has 1 aliphatic rings. The summed E-state index contributed by atoms with van der Waals surface area (Å²) < 4.78 is 12.7. The van der Waals surface area contributed by atoms with Crippen LogP contribution in [-0.2, 0) is 11.3 Å². The van der Waals surface area contributed by atoms with Crippen LogP contribution in [-0.4, -0.2) is 34.6 Å². The van der Waals surface area contributed by atoms with Gasteiger partial charge in [0, 0.05) is 29.3 Å². The molecule has 1 fully saturated rings. The molecule has 1 saturated carbocycles. The van der Waals surface area contributed by atoms with E-state index in [1.54, 1.807) is 22.8 Å². The van der Waals surface area contributed by atoms with Crippen molar-refractivity contribution in [1.82, 2.24) is 9.88 Å². The van der Waals surface area contributed by atoms with Crippen LogP contribution in [0.3, 0.4) is 0 Å². The molecule has 0 spiro atoms. The lowest BCUT2D eigenvalue weighted by atomic mass is 9.91. The van der Waals surface area contributed by atoms with Crippen LogP contribution in [0.1, 0.15) is 68.8 Å². The summed E-state index contributed by atoms with van der Waals surface area (Å²) >= 11 is 0. The highest BCUT2D eigenvalue weighted by atomic mass is 16.6.